The summed E-state index contributed by atoms with van der Waals surface area (Å²) in [5.74, 6) is 2.70. The summed E-state index contributed by atoms with van der Waals surface area (Å²) in [6.45, 7) is 7.57. The van der Waals surface area contributed by atoms with Gasteiger partial charge in [-0.2, -0.15) is 0 Å². The second kappa shape index (κ2) is 8.91. The van der Waals surface area contributed by atoms with Gasteiger partial charge in [-0.15, -0.1) is 5.54 Å². The summed E-state index contributed by atoms with van der Waals surface area (Å²) in [5.41, 5.74) is 4.17. The highest BCUT2D eigenvalue weighted by Gasteiger charge is 2.52. The van der Waals surface area contributed by atoms with Crippen molar-refractivity contribution in [2.45, 2.75) is 45.4 Å². The number of piperidine rings is 1. The molecule has 4 rings (SSSR count). The normalized spacial score (nSPS) is 17.8. The number of hydrogen-bond acceptors (Lipinski definition) is 5. The fraction of sp³-hybridized carbons (Fsp3) is 0.400. The molecule has 1 aromatic carbocycles. The SMILES string of the molecule is C[Si](C)(C)C#Cc1cnc(C(=O)N2CCC3(CC2)CC(=O)N(Cc2ccccc2)C3=O)nc1. The Morgan fingerprint density at radius 1 is 1.06 bits per heavy atom. The van der Waals surface area contributed by atoms with Crippen LogP contribution in [0.5, 0.6) is 0 Å². The highest BCUT2D eigenvalue weighted by molar-refractivity contribution is 6.83. The lowest BCUT2D eigenvalue weighted by Gasteiger charge is -2.37. The van der Waals surface area contributed by atoms with Gasteiger partial charge in [-0.1, -0.05) is 55.9 Å². The predicted octanol–water partition coefficient (Wildman–Crippen LogP) is 2.89. The van der Waals surface area contributed by atoms with E-state index in [1.165, 1.54) is 4.90 Å². The zero-order valence-electron chi connectivity index (χ0n) is 19.3. The van der Waals surface area contributed by atoms with Crippen molar-refractivity contribution in [3.8, 4) is 11.5 Å². The van der Waals surface area contributed by atoms with Gasteiger partial charge in [-0.05, 0) is 18.4 Å². The van der Waals surface area contributed by atoms with Crippen molar-refractivity contribution in [1.82, 2.24) is 19.8 Å². The molecule has 0 saturated carbocycles. The number of imide groups is 1. The summed E-state index contributed by atoms with van der Waals surface area (Å²) in [6.07, 6.45) is 4.31. The van der Waals surface area contributed by atoms with E-state index in [4.69, 9.17) is 0 Å². The minimum atomic E-state index is -1.50. The summed E-state index contributed by atoms with van der Waals surface area (Å²) in [4.78, 5) is 50.2. The Morgan fingerprint density at radius 3 is 2.30 bits per heavy atom. The van der Waals surface area contributed by atoms with E-state index in [1.54, 1.807) is 17.3 Å². The van der Waals surface area contributed by atoms with Crippen LogP contribution < -0.4 is 0 Å². The molecule has 7 nitrogen and oxygen atoms in total. The summed E-state index contributed by atoms with van der Waals surface area (Å²) in [7, 11) is -1.50. The van der Waals surface area contributed by atoms with E-state index >= 15 is 0 Å². The van der Waals surface area contributed by atoms with Crippen LogP contribution in [0.2, 0.25) is 19.6 Å². The maximum Gasteiger partial charge on any atom is 0.291 e. The van der Waals surface area contributed by atoms with Crippen molar-refractivity contribution in [1.29, 1.82) is 0 Å². The highest BCUT2D eigenvalue weighted by atomic mass is 28.3. The number of carbonyl (C=O) groups is 3. The molecule has 3 amide bonds. The van der Waals surface area contributed by atoms with Crippen molar-refractivity contribution in [2.75, 3.05) is 13.1 Å². The monoisotopic (exact) mass is 460 g/mol. The average molecular weight is 461 g/mol. The lowest BCUT2D eigenvalue weighted by molar-refractivity contribution is -0.143. The third kappa shape index (κ3) is 5.04. The number of rotatable bonds is 3. The standard InChI is InChI=1S/C25H28N4O3Si/c1-33(2,3)14-9-20-16-26-22(27-17-20)23(31)28-12-10-25(11-13-28)15-21(30)29(24(25)32)18-19-7-5-4-6-8-19/h4-8,16-17H,10-13,15,18H2,1-3H3. The van der Waals surface area contributed by atoms with Gasteiger partial charge in [0.2, 0.25) is 17.6 Å². The Balaban J connectivity index is 1.39. The van der Waals surface area contributed by atoms with Crippen molar-refractivity contribution in [3.05, 3.63) is 59.7 Å². The Hall–Kier alpha value is -3.31. The molecule has 2 saturated heterocycles. The van der Waals surface area contributed by atoms with E-state index in [2.05, 4.69) is 41.1 Å². The zero-order chi connectivity index (χ0) is 23.6. The van der Waals surface area contributed by atoms with Gasteiger partial charge in [0.15, 0.2) is 0 Å². The second-order valence-electron chi connectivity index (χ2n) is 9.82. The summed E-state index contributed by atoms with van der Waals surface area (Å²) >= 11 is 0. The van der Waals surface area contributed by atoms with E-state index in [9.17, 15) is 14.4 Å². The van der Waals surface area contributed by atoms with Crippen LogP contribution in [-0.4, -0.2) is 58.7 Å². The minimum Gasteiger partial charge on any atom is -0.336 e. The van der Waals surface area contributed by atoms with Gasteiger partial charge in [0.25, 0.3) is 5.91 Å². The molecule has 170 valence electrons. The van der Waals surface area contributed by atoms with E-state index in [0.717, 1.165) is 5.56 Å². The maximum atomic E-state index is 13.2. The van der Waals surface area contributed by atoms with Crippen LogP contribution in [0.25, 0.3) is 0 Å². The third-order valence-electron chi connectivity index (χ3n) is 6.11. The molecule has 0 unspecified atom stereocenters. The molecular formula is C25H28N4O3Si. The van der Waals surface area contributed by atoms with Gasteiger partial charge >= 0.3 is 0 Å². The molecule has 0 radical (unpaired) electrons. The molecule has 0 N–H and O–H groups in total. The number of carbonyl (C=O) groups excluding carboxylic acids is 3. The maximum absolute atomic E-state index is 13.2. The van der Waals surface area contributed by atoms with Crippen molar-refractivity contribution in [2.24, 2.45) is 5.41 Å². The van der Waals surface area contributed by atoms with E-state index < -0.39 is 13.5 Å². The number of hydrogen-bond donors (Lipinski definition) is 0. The first-order valence-electron chi connectivity index (χ1n) is 11.2. The molecule has 2 aliphatic heterocycles. The molecule has 8 heteroatoms. The number of nitrogens with zero attached hydrogens (tertiary/aromatic N) is 4. The van der Waals surface area contributed by atoms with Crippen LogP contribution in [0.1, 0.15) is 41.0 Å². The summed E-state index contributed by atoms with van der Waals surface area (Å²) < 4.78 is 0. The van der Waals surface area contributed by atoms with Crippen LogP contribution in [0.15, 0.2) is 42.7 Å². The largest absolute Gasteiger partial charge is 0.336 e. The fourth-order valence-electron chi connectivity index (χ4n) is 4.22. The predicted molar refractivity (Wildman–Crippen MR) is 126 cm³/mol. The first kappa shape index (κ1) is 22.9. The molecule has 1 spiro atoms. The zero-order valence-corrected chi connectivity index (χ0v) is 20.3. The second-order valence-corrected chi connectivity index (χ2v) is 14.6. The first-order valence-corrected chi connectivity index (χ1v) is 14.7. The number of aromatic nitrogens is 2. The van der Waals surface area contributed by atoms with Crippen molar-refractivity contribution in [3.63, 3.8) is 0 Å². The van der Waals surface area contributed by atoms with Crippen LogP contribution in [0.3, 0.4) is 0 Å². The van der Waals surface area contributed by atoms with Crippen LogP contribution in [-0.2, 0) is 16.1 Å². The summed E-state index contributed by atoms with van der Waals surface area (Å²) in [6, 6.07) is 9.52. The Labute approximate surface area is 195 Å². The fourth-order valence-corrected chi connectivity index (χ4v) is 4.74. The van der Waals surface area contributed by atoms with Gasteiger partial charge in [0.05, 0.1) is 17.5 Å². The van der Waals surface area contributed by atoms with E-state index in [0.29, 0.717) is 38.0 Å². The highest BCUT2D eigenvalue weighted by Crippen LogP contribution is 2.42. The van der Waals surface area contributed by atoms with Gasteiger partial charge < -0.3 is 4.90 Å². The quantitative estimate of drug-likeness (QED) is 0.400. The van der Waals surface area contributed by atoms with Crippen LogP contribution in [0, 0.1) is 16.9 Å². The molecule has 1 aromatic heterocycles. The summed E-state index contributed by atoms with van der Waals surface area (Å²) in [5, 5.41) is 0. The van der Waals surface area contributed by atoms with Gasteiger partial charge in [-0.25, -0.2) is 9.97 Å². The molecule has 0 aliphatic carbocycles. The van der Waals surface area contributed by atoms with Gasteiger partial charge in [-0.3, -0.25) is 19.3 Å². The van der Waals surface area contributed by atoms with Crippen LogP contribution >= 0.6 is 0 Å². The number of amides is 3. The van der Waals surface area contributed by atoms with Crippen LogP contribution in [0.4, 0.5) is 0 Å². The van der Waals surface area contributed by atoms with Gasteiger partial charge in [0, 0.05) is 31.9 Å². The Morgan fingerprint density at radius 2 is 1.70 bits per heavy atom. The number of likely N-dealkylation sites (tertiary alicyclic amines) is 2. The van der Waals surface area contributed by atoms with Crippen molar-refractivity contribution >= 4 is 25.8 Å². The lowest BCUT2D eigenvalue weighted by Crippen LogP contribution is -2.47. The first-order chi connectivity index (χ1) is 15.7. The Kier molecular flexibility index (Phi) is 6.17. The van der Waals surface area contributed by atoms with E-state index in [-0.39, 0.29) is 30.0 Å². The molecule has 2 fully saturated rings. The lowest BCUT2D eigenvalue weighted by atomic mass is 9.77. The minimum absolute atomic E-state index is 0.120. The molecule has 0 atom stereocenters. The molecule has 2 aromatic rings. The van der Waals surface area contributed by atoms with Crippen molar-refractivity contribution < 1.29 is 14.4 Å². The van der Waals surface area contributed by atoms with Gasteiger partial charge in [0.1, 0.15) is 8.07 Å². The average Bonchev–Trinajstić information content (AvgIpc) is 3.02. The van der Waals surface area contributed by atoms with E-state index in [1.807, 2.05) is 30.3 Å². The smallest absolute Gasteiger partial charge is 0.291 e. The molecule has 3 heterocycles. The molecule has 2 aliphatic rings. The molecule has 0 bridgehead atoms. The molecule has 33 heavy (non-hydrogen) atoms. The topological polar surface area (TPSA) is 83.5 Å². The Bertz CT molecular complexity index is 1120. The third-order valence-corrected chi connectivity index (χ3v) is 6.98. The molecular weight excluding hydrogens is 432 g/mol. The number of benzene rings is 1.